The number of rotatable bonds is 0. The summed E-state index contributed by atoms with van der Waals surface area (Å²) in [6, 6.07) is 0. The van der Waals surface area contributed by atoms with E-state index in [0.717, 1.165) is 0 Å². The second-order valence-electron chi connectivity index (χ2n) is 3.12. The van der Waals surface area contributed by atoms with E-state index in [1.165, 1.54) is 26.2 Å². The lowest BCUT2D eigenvalue weighted by Crippen LogP contribution is -2.00. The van der Waals surface area contributed by atoms with Crippen molar-refractivity contribution in [3.05, 3.63) is 0 Å². The molecule has 0 aliphatic rings. The molecule has 9 N–H and O–H groups in total. The highest BCUT2D eigenvalue weighted by atomic mass is 16.2. The highest BCUT2D eigenvalue weighted by molar-refractivity contribution is 5.73. The minimum Gasteiger partial charge on any atom is -0.412 e. The molecule has 0 radical (unpaired) electrons. The summed E-state index contributed by atoms with van der Waals surface area (Å²) in [6.07, 6.45) is 3.75. The van der Waals surface area contributed by atoms with E-state index in [1.807, 2.05) is 0 Å². The molecule has 120 valence electrons. The van der Waals surface area contributed by atoms with Crippen molar-refractivity contribution in [3.8, 4) is 0 Å². The Kier molecular flexibility index (Phi) is 230. The summed E-state index contributed by atoms with van der Waals surface area (Å²) >= 11 is 0. The van der Waals surface area contributed by atoms with Gasteiger partial charge in [0, 0.05) is 6.61 Å². The van der Waals surface area contributed by atoms with E-state index in [0.29, 0.717) is 0 Å². The first-order valence-electron chi connectivity index (χ1n) is 6.30. The van der Waals surface area contributed by atoms with Crippen LogP contribution in [0.15, 0.2) is 0 Å². The van der Waals surface area contributed by atoms with Gasteiger partial charge in [0.1, 0.15) is 0 Å². The Morgan fingerprint density at radius 3 is 0.889 bits per heavy atom. The predicted molar refractivity (Wildman–Crippen MR) is 86.9 cm³/mol. The standard InChI is InChI=1S/3C3H8.C2H6N2.C2H6O.H3N.H2O/c3*1-3-2;1-2(3)4;1-2-3;;/h3*3H2,1-2H3;1H3,(H3,3,4);3H,2H2,1H3;1H3;1H2. The first kappa shape index (κ1) is 43.3. The number of hydrogen-bond acceptors (Lipinski definition) is 3. The third-order valence-corrected chi connectivity index (χ3v) is 0. The summed E-state index contributed by atoms with van der Waals surface area (Å²) in [7, 11) is 0. The molecule has 0 aromatic carbocycles. The molecule has 0 aromatic rings. The molecule has 5 heteroatoms. The molecule has 0 amide bonds. The van der Waals surface area contributed by atoms with Crippen molar-refractivity contribution in [2.75, 3.05) is 6.61 Å². The van der Waals surface area contributed by atoms with E-state index < -0.39 is 0 Å². The normalized spacial score (nSPS) is 5.39. The largest absolute Gasteiger partial charge is 0.412 e. The van der Waals surface area contributed by atoms with E-state index >= 15 is 0 Å². The number of amidine groups is 1. The molecule has 0 bridgehead atoms. The summed E-state index contributed by atoms with van der Waals surface area (Å²) in [4.78, 5) is 0. The zero-order valence-corrected chi connectivity index (χ0v) is 14.1. The fourth-order valence-corrected chi connectivity index (χ4v) is 0. The maximum absolute atomic E-state index is 7.57. The van der Waals surface area contributed by atoms with Crippen molar-refractivity contribution in [2.45, 2.75) is 74.7 Å². The van der Waals surface area contributed by atoms with Crippen molar-refractivity contribution in [3.63, 3.8) is 0 Å². The molecule has 0 saturated carbocycles. The third-order valence-electron chi connectivity index (χ3n) is 0. The maximum atomic E-state index is 7.57. The second kappa shape index (κ2) is 95.5. The van der Waals surface area contributed by atoms with Crippen molar-refractivity contribution in [2.24, 2.45) is 5.73 Å². The van der Waals surface area contributed by atoms with Gasteiger partial charge in [-0.3, -0.25) is 5.41 Å². The highest BCUT2D eigenvalue weighted by Gasteiger charge is 1.53. The fourth-order valence-electron chi connectivity index (χ4n) is 0. The van der Waals surface area contributed by atoms with Crippen LogP contribution in [-0.4, -0.2) is 23.0 Å². The molecule has 0 spiro atoms. The average molecular weight is 271 g/mol. The lowest BCUT2D eigenvalue weighted by molar-refractivity contribution is 0.318. The lowest BCUT2D eigenvalue weighted by atomic mass is 10.6. The summed E-state index contributed by atoms with van der Waals surface area (Å²) in [5.74, 6) is 0.167. The van der Waals surface area contributed by atoms with Crippen molar-refractivity contribution >= 4 is 5.84 Å². The minimum atomic E-state index is 0. The van der Waals surface area contributed by atoms with Gasteiger partial charge in [0.25, 0.3) is 0 Å². The van der Waals surface area contributed by atoms with Crippen LogP contribution < -0.4 is 11.9 Å². The van der Waals surface area contributed by atoms with Gasteiger partial charge in [0.2, 0.25) is 0 Å². The Balaban J connectivity index is -0.0000000164. The van der Waals surface area contributed by atoms with Crippen LogP contribution in [0.4, 0.5) is 0 Å². The zero-order chi connectivity index (χ0) is 14.4. The molecule has 0 saturated heterocycles. The van der Waals surface area contributed by atoms with Crippen LogP contribution in [0.25, 0.3) is 0 Å². The van der Waals surface area contributed by atoms with Crippen LogP contribution in [-0.2, 0) is 0 Å². The lowest BCUT2D eigenvalue weighted by Gasteiger charge is -1.66. The predicted octanol–water partition coefficient (Wildman–Crippen LogP) is 3.53. The molecule has 0 aromatic heterocycles. The van der Waals surface area contributed by atoms with Gasteiger partial charge < -0.3 is 22.5 Å². The molecule has 0 unspecified atom stereocenters. The molecule has 0 atom stereocenters. The number of aliphatic hydroxyl groups is 1. The minimum absolute atomic E-state index is 0. The van der Waals surface area contributed by atoms with Gasteiger partial charge >= 0.3 is 0 Å². The Hall–Kier alpha value is -0.650. The molecular weight excluding hydrogens is 230 g/mol. The van der Waals surface area contributed by atoms with Gasteiger partial charge in [-0.1, -0.05) is 60.8 Å². The molecule has 0 aliphatic carbocycles. The summed E-state index contributed by atoms with van der Waals surface area (Å²) < 4.78 is 0. The number of nitrogens with one attached hydrogen (secondary N) is 1. The number of hydrogen-bond donors (Lipinski definition) is 4. The Bertz CT molecular complexity index is 70.6. The summed E-state index contributed by atoms with van der Waals surface area (Å²) in [6.45, 7) is 16.2. The molecule has 0 heterocycles. The van der Waals surface area contributed by atoms with Gasteiger partial charge in [-0.25, -0.2) is 0 Å². The zero-order valence-electron chi connectivity index (χ0n) is 14.1. The van der Waals surface area contributed by atoms with Crippen LogP contribution in [0.1, 0.15) is 74.7 Å². The third kappa shape index (κ3) is 7480. The quantitative estimate of drug-likeness (QED) is 0.396. The highest BCUT2D eigenvalue weighted by Crippen LogP contribution is 1.56. The monoisotopic (exact) mass is 271 g/mol. The Labute approximate surface area is 116 Å². The molecule has 5 nitrogen and oxygen atoms in total. The number of aliphatic hydroxyl groups excluding tert-OH is 1. The SMILES string of the molecule is CC(=N)N.CCC.CCC.CCC.CCO.N.O. The summed E-state index contributed by atoms with van der Waals surface area (Å²) in [5.41, 5.74) is 4.69. The molecule has 18 heavy (non-hydrogen) atoms. The Morgan fingerprint density at radius 2 is 0.889 bits per heavy atom. The van der Waals surface area contributed by atoms with Crippen LogP contribution in [0.2, 0.25) is 0 Å². The van der Waals surface area contributed by atoms with E-state index in [2.05, 4.69) is 41.5 Å². The van der Waals surface area contributed by atoms with Gasteiger partial charge in [-0.15, -0.1) is 0 Å². The van der Waals surface area contributed by atoms with E-state index in [-0.39, 0.29) is 24.1 Å². The first-order valence-corrected chi connectivity index (χ1v) is 6.30. The van der Waals surface area contributed by atoms with E-state index in [1.54, 1.807) is 6.92 Å². The van der Waals surface area contributed by atoms with Crippen LogP contribution in [0, 0.1) is 5.41 Å². The summed E-state index contributed by atoms with van der Waals surface area (Å²) in [5, 5.41) is 13.8. The topological polar surface area (TPSA) is 137 Å². The molecule has 0 fully saturated rings. The fraction of sp³-hybridized carbons (Fsp3) is 0.923. The average Bonchev–Trinajstić information content (AvgIpc) is 2.06. The van der Waals surface area contributed by atoms with Crippen molar-refractivity contribution < 1.29 is 10.6 Å². The van der Waals surface area contributed by atoms with Gasteiger partial charge in [0.15, 0.2) is 0 Å². The van der Waals surface area contributed by atoms with Crippen LogP contribution in [0.3, 0.4) is 0 Å². The molecule has 0 rings (SSSR count). The van der Waals surface area contributed by atoms with Crippen molar-refractivity contribution in [1.82, 2.24) is 6.15 Å². The first-order chi connectivity index (χ1) is 7.39. The van der Waals surface area contributed by atoms with Crippen LogP contribution >= 0.6 is 0 Å². The molecular formula is C13H41N3O2. The van der Waals surface area contributed by atoms with Gasteiger partial charge in [-0.2, -0.15) is 0 Å². The Morgan fingerprint density at radius 1 is 0.889 bits per heavy atom. The van der Waals surface area contributed by atoms with Crippen LogP contribution in [0.5, 0.6) is 0 Å². The van der Waals surface area contributed by atoms with Gasteiger partial charge in [-0.05, 0) is 13.8 Å². The molecule has 0 aliphatic heterocycles. The number of nitrogens with two attached hydrogens (primary N) is 1. The van der Waals surface area contributed by atoms with Crippen molar-refractivity contribution in [1.29, 1.82) is 5.41 Å². The van der Waals surface area contributed by atoms with E-state index in [4.69, 9.17) is 16.2 Å². The smallest absolute Gasteiger partial charge is 0.0873 e. The second-order valence-corrected chi connectivity index (χ2v) is 3.12. The maximum Gasteiger partial charge on any atom is 0.0873 e. The van der Waals surface area contributed by atoms with E-state index in [9.17, 15) is 0 Å². The van der Waals surface area contributed by atoms with Gasteiger partial charge in [0.05, 0.1) is 5.84 Å².